The van der Waals surface area contributed by atoms with Crippen LogP contribution in [0.25, 0.3) is 0 Å². The monoisotopic (exact) mass is 328 g/mol. The van der Waals surface area contributed by atoms with Crippen LogP contribution in [0.2, 0.25) is 0 Å². The minimum Gasteiger partial charge on any atom is -0.352 e. The van der Waals surface area contributed by atoms with Gasteiger partial charge in [0.1, 0.15) is 0 Å². The van der Waals surface area contributed by atoms with Crippen molar-refractivity contribution in [1.82, 2.24) is 10.2 Å². The van der Waals surface area contributed by atoms with Crippen LogP contribution in [0.4, 0.5) is 0 Å². The Kier molecular flexibility index (Phi) is 4.97. The molecule has 0 unspecified atom stereocenters. The standard InChI is InChI=1S/C19H24N2O3/c1-13-6-8-14(9-7-13)12-20-17(22)10-11-21-18(23)15-4-2-3-5-16(15)19(21)24/h6-9,15-16H,2-5,10-12H2,1H3,(H,20,22)/t15-,16+. The van der Waals surface area contributed by atoms with Crippen molar-refractivity contribution in [2.45, 2.75) is 45.6 Å². The summed E-state index contributed by atoms with van der Waals surface area (Å²) in [5, 5.41) is 2.85. The molecule has 24 heavy (non-hydrogen) atoms. The maximum atomic E-state index is 12.3. The van der Waals surface area contributed by atoms with E-state index >= 15 is 0 Å². The van der Waals surface area contributed by atoms with E-state index in [2.05, 4.69) is 5.32 Å². The number of fused-ring (bicyclic) bond motifs is 1. The predicted octanol–water partition coefficient (Wildman–Crippen LogP) is 2.18. The number of hydrogen-bond donors (Lipinski definition) is 1. The van der Waals surface area contributed by atoms with Crippen molar-refractivity contribution in [2.24, 2.45) is 11.8 Å². The Bertz CT molecular complexity index is 615. The van der Waals surface area contributed by atoms with Crippen LogP contribution in [0.15, 0.2) is 24.3 Å². The van der Waals surface area contributed by atoms with E-state index in [0.717, 1.165) is 31.2 Å². The highest BCUT2D eigenvalue weighted by Crippen LogP contribution is 2.37. The molecule has 5 heteroatoms. The third kappa shape index (κ3) is 3.50. The number of hydrogen-bond acceptors (Lipinski definition) is 3. The third-order valence-corrected chi connectivity index (χ3v) is 5.11. The molecule has 0 aromatic heterocycles. The van der Waals surface area contributed by atoms with Crippen molar-refractivity contribution < 1.29 is 14.4 Å². The second-order valence-electron chi connectivity index (χ2n) is 6.84. The van der Waals surface area contributed by atoms with Gasteiger partial charge in [0.15, 0.2) is 0 Å². The summed E-state index contributed by atoms with van der Waals surface area (Å²) in [6.45, 7) is 2.68. The molecule has 3 amide bonds. The molecule has 1 heterocycles. The number of imide groups is 1. The second-order valence-corrected chi connectivity index (χ2v) is 6.84. The molecule has 2 fully saturated rings. The third-order valence-electron chi connectivity index (χ3n) is 5.11. The van der Waals surface area contributed by atoms with E-state index in [1.54, 1.807) is 0 Å². The molecule has 0 bridgehead atoms. The lowest BCUT2D eigenvalue weighted by Gasteiger charge is -2.19. The van der Waals surface area contributed by atoms with Crippen LogP contribution < -0.4 is 5.32 Å². The van der Waals surface area contributed by atoms with Crippen molar-refractivity contribution >= 4 is 17.7 Å². The van der Waals surface area contributed by atoms with Gasteiger partial charge in [0.2, 0.25) is 17.7 Å². The number of rotatable bonds is 5. The number of nitrogens with zero attached hydrogens (tertiary/aromatic N) is 1. The van der Waals surface area contributed by atoms with Crippen LogP contribution in [0.1, 0.15) is 43.2 Å². The van der Waals surface area contributed by atoms with Crippen LogP contribution in [0, 0.1) is 18.8 Å². The van der Waals surface area contributed by atoms with Crippen LogP contribution in [-0.4, -0.2) is 29.2 Å². The first-order valence-corrected chi connectivity index (χ1v) is 8.74. The summed E-state index contributed by atoms with van der Waals surface area (Å²) in [7, 11) is 0. The lowest BCUT2D eigenvalue weighted by Crippen LogP contribution is -2.35. The molecular formula is C19H24N2O3. The van der Waals surface area contributed by atoms with Crippen molar-refractivity contribution in [2.75, 3.05) is 6.54 Å². The number of nitrogens with one attached hydrogen (secondary N) is 1. The second kappa shape index (κ2) is 7.16. The molecule has 0 radical (unpaired) electrons. The Labute approximate surface area is 142 Å². The summed E-state index contributed by atoms with van der Waals surface area (Å²) in [4.78, 5) is 38.0. The Morgan fingerprint density at radius 1 is 1.08 bits per heavy atom. The molecule has 1 saturated heterocycles. The number of carbonyl (C=O) groups is 3. The smallest absolute Gasteiger partial charge is 0.233 e. The quantitative estimate of drug-likeness (QED) is 0.843. The van der Waals surface area contributed by atoms with Crippen LogP contribution in [0.5, 0.6) is 0 Å². The van der Waals surface area contributed by atoms with Gasteiger partial charge < -0.3 is 5.32 Å². The summed E-state index contributed by atoms with van der Waals surface area (Å²) in [6, 6.07) is 7.97. The van der Waals surface area contributed by atoms with Gasteiger partial charge in [0, 0.05) is 19.5 Å². The minimum atomic E-state index is -0.137. The molecule has 2 aliphatic rings. The largest absolute Gasteiger partial charge is 0.352 e. The fourth-order valence-electron chi connectivity index (χ4n) is 3.66. The van der Waals surface area contributed by atoms with Gasteiger partial charge in [-0.25, -0.2) is 0 Å². The van der Waals surface area contributed by atoms with E-state index in [1.165, 1.54) is 10.5 Å². The molecule has 1 saturated carbocycles. The highest BCUT2D eigenvalue weighted by molar-refractivity contribution is 6.05. The normalized spacial score (nSPS) is 23.3. The predicted molar refractivity (Wildman–Crippen MR) is 89.8 cm³/mol. The summed E-state index contributed by atoms with van der Waals surface area (Å²) in [5.41, 5.74) is 2.21. The fraction of sp³-hybridized carbons (Fsp3) is 0.526. The number of carbonyl (C=O) groups excluding carboxylic acids is 3. The SMILES string of the molecule is Cc1ccc(CNC(=O)CCN2C(=O)[C@H]3CCCC[C@H]3C2=O)cc1. The Hall–Kier alpha value is -2.17. The molecule has 3 rings (SSSR count). The first-order chi connectivity index (χ1) is 11.6. The summed E-state index contributed by atoms with van der Waals surface area (Å²) >= 11 is 0. The van der Waals surface area contributed by atoms with E-state index in [-0.39, 0.29) is 42.5 Å². The minimum absolute atomic E-state index is 0.0731. The lowest BCUT2D eigenvalue weighted by molar-refractivity contribution is -0.140. The molecular weight excluding hydrogens is 304 g/mol. The van der Waals surface area contributed by atoms with Gasteiger partial charge >= 0.3 is 0 Å². The maximum absolute atomic E-state index is 12.3. The lowest BCUT2D eigenvalue weighted by atomic mass is 9.81. The highest BCUT2D eigenvalue weighted by atomic mass is 16.2. The van der Waals surface area contributed by atoms with Gasteiger partial charge in [-0.05, 0) is 25.3 Å². The average molecular weight is 328 g/mol. The van der Waals surface area contributed by atoms with E-state index < -0.39 is 0 Å². The van der Waals surface area contributed by atoms with E-state index in [0.29, 0.717) is 6.54 Å². The molecule has 1 aliphatic carbocycles. The topological polar surface area (TPSA) is 66.5 Å². The molecule has 1 N–H and O–H groups in total. The average Bonchev–Trinajstić information content (AvgIpc) is 2.84. The van der Waals surface area contributed by atoms with Crippen LogP contribution in [0.3, 0.4) is 0 Å². The fourth-order valence-corrected chi connectivity index (χ4v) is 3.66. The maximum Gasteiger partial charge on any atom is 0.233 e. The van der Waals surface area contributed by atoms with Crippen molar-refractivity contribution in [3.05, 3.63) is 35.4 Å². The zero-order valence-corrected chi connectivity index (χ0v) is 14.1. The van der Waals surface area contributed by atoms with Crippen molar-refractivity contribution in [3.8, 4) is 0 Å². The number of amides is 3. The van der Waals surface area contributed by atoms with Crippen LogP contribution in [-0.2, 0) is 20.9 Å². The van der Waals surface area contributed by atoms with Crippen molar-refractivity contribution in [3.63, 3.8) is 0 Å². The molecule has 5 nitrogen and oxygen atoms in total. The van der Waals surface area contributed by atoms with E-state index in [1.807, 2.05) is 31.2 Å². The summed E-state index contributed by atoms with van der Waals surface area (Å²) < 4.78 is 0. The van der Waals surface area contributed by atoms with Gasteiger partial charge in [-0.1, -0.05) is 42.7 Å². The molecule has 1 aromatic carbocycles. The summed E-state index contributed by atoms with van der Waals surface area (Å²) in [5.74, 6) is -0.554. The molecule has 2 atom stereocenters. The Morgan fingerprint density at radius 2 is 1.67 bits per heavy atom. The molecule has 1 aromatic rings. The highest BCUT2D eigenvalue weighted by Gasteiger charge is 2.47. The molecule has 1 aliphatic heterocycles. The van der Waals surface area contributed by atoms with Gasteiger partial charge in [0.05, 0.1) is 11.8 Å². The number of aryl methyl sites for hydroxylation is 1. The Morgan fingerprint density at radius 3 is 2.25 bits per heavy atom. The van der Waals surface area contributed by atoms with Gasteiger partial charge in [-0.3, -0.25) is 19.3 Å². The number of benzene rings is 1. The van der Waals surface area contributed by atoms with Gasteiger partial charge in [0.25, 0.3) is 0 Å². The van der Waals surface area contributed by atoms with E-state index in [4.69, 9.17) is 0 Å². The zero-order chi connectivity index (χ0) is 17.1. The summed E-state index contributed by atoms with van der Waals surface area (Å²) in [6.07, 6.45) is 3.83. The molecule has 128 valence electrons. The van der Waals surface area contributed by atoms with Gasteiger partial charge in [-0.15, -0.1) is 0 Å². The van der Waals surface area contributed by atoms with E-state index in [9.17, 15) is 14.4 Å². The van der Waals surface area contributed by atoms with Gasteiger partial charge in [-0.2, -0.15) is 0 Å². The van der Waals surface area contributed by atoms with Crippen molar-refractivity contribution in [1.29, 1.82) is 0 Å². The van der Waals surface area contributed by atoms with Crippen LogP contribution >= 0.6 is 0 Å². The number of likely N-dealkylation sites (tertiary alicyclic amines) is 1. The Balaban J connectivity index is 1.48. The first-order valence-electron chi connectivity index (χ1n) is 8.74. The first kappa shape index (κ1) is 16.7. The molecule has 0 spiro atoms. The zero-order valence-electron chi connectivity index (χ0n) is 14.1.